The largest absolute Gasteiger partial charge is 0.496 e. The predicted octanol–water partition coefficient (Wildman–Crippen LogP) is 2.05. The van der Waals surface area contributed by atoms with Crippen molar-refractivity contribution in [3.05, 3.63) is 29.1 Å². The van der Waals surface area contributed by atoms with Crippen molar-refractivity contribution in [2.75, 3.05) is 14.2 Å². The van der Waals surface area contributed by atoms with Crippen LogP contribution in [0, 0.1) is 5.82 Å². The molecule has 0 bridgehead atoms. The molecule has 3 nitrogen and oxygen atoms in total. The van der Waals surface area contributed by atoms with E-state index >= 15 is 0 Å². The highest BCUT2D eigenvalue weighted by atomic mass is 19.1. The maximum Gasteiger partial charge on any atom is 0.135 e. The molecule has 1 aliphatic carbocycles. The van der Waals surface area contributed by atoms with Gasteiger partial charge in [-0.1, -0.05) is 6.07 Å². The van der Waals surface area contributed by atoms with E-state index in [0.717, 1.165) is 12.8 Å². The van der Waals surface area contributed by atoms with Crippen LogP contribution in [0.4, 0.5) is 4.39 Å². The molecule has 17 heavy (non-hydrogen) atoms. The van der Waals surface area contributed by atoms with Gasteiger partial charge in [0.15, 0.2) is 0 Å². The van der Waals surface area contributed by atoms with Crippen molar-refractivity contribution in [1.29, 1.82) is 0 Å². The fraction of sp³-hybridized carbons (Fsp3) is 0.538. The first-order valence-electron chi connectivity index (χ1n) is 5.65. The molecule has 1 aromatic rings. The molecule has 94 valence electrons. The average molecular weight is 240 g/mol. The summed E-state index contributed by atoms with van der Waals surface area (Å²) < 4.78 is 24.3. The van der Waals surface area contributed by atoms with Crippen molar-refractivity contribution in [1.82, 2.24) is 0 Å². The molecule has 0 atom stereocenters. The van der Waals surface area contributed by atoms with E-state index in [0.29, 0.717) is 23.3 Å². The standard InChI is InChI=1S/C13H17FO3/c1-16-8-9-3-4-11(17-2)10(12(9)14)7-13(15)5-6-13/h3-4,15H,5-8H2,1-2H3. The van der Waals surface area contributed by atoms with Gasteiger partial charge in [0.2, 0.25) is 0 Å². The summed E-state index contributed by atoms with van der Waals surface area (Å²) in [6.07, 6.45) is 1.76. The van der Waals surface area contributed by atoms with Crippen LogP contribution in [0.25, 0.3) is 0 Å². The summed E-state index contributed by atoms with van der Waals surface area (Å²) in [5.41, 5.74) is 0.203. The minimum absolute atomic E-state index is 0.223. The highest BCUT2D eigenvalue weighted by Crippen LogP contribution is 2.41. The zero-order valence-corrected chi connectivity index (χ0v) is 10.1. The molecule has 1 N–H and O–H groups in total. The third-order valence-corrected chi connectivity index (χ3v) is 3.13. The lowest BCUT2D eigenvalue weighted by atomic mass is 10.0. The van der Waals surface area contributed by atoms with E-state index in [4.69, 9.17) is 9.47 Å². The molecule has 2 rings (SSSR count). The van der Waals surface area contributed by atoms with Gasteiger partial charge in [-0.2, -0.15) is 0 Å². The van der Waals surface area contributed by atoms with E-state index in [-0.39, 0.29) is 12.4 Å². The molecule has 4 heteroatoms. The first-order valence-corrected chi connectivity index (χ1v) is 5.65. The quantitative estimate of drug-likeness (QED) is 0.856. The highest BCUT2D eigenvalue weighted by Gasteiger charge is 2.41. The first kappa shape index (κ1) is 12.3. The molecule has 1 saturated carbocycles. The van der Waals surface area contributed by atoms with Crippen LogP contribution < -0.4 is 4.74 Å². The summed E-state index contributed by atoms with van der Waals surface area (Å²) >= 11 is 0. The third-order valence-electron chi connectivity index (χ3n) is 3.13. The van der Waals surface area contributed by atoms with E-state index in [9.17, 15) is 9.50 Å². The molecule has 0 spiro atoms. The van der Waals surface area contributed by atoms with E-state index < -0.39 is 5.60 Å². The number of rotatable bonds is 5. The number of aliphatic hydroxyl groups is 1. The molecule has 0 amide bonds. The highest BCUT2D eigenvalue weighted by molar-refractivity contribution is 5.40. The Morgan fingerprint density at radius 1 is 1.35 bits per heavy atom. The summed E-state index contributed by atoms with van der Waals surface area (Å²) in [7, 11) is 3.03. The van der Waals surface area contributed by atoms with Crippen LogP contribution in [0.1, 0.15) is 24.0 Å². The molecule has 1 fully saturated rings. The molecule has 0 aliphatic heterocycles. The predicted molar refractivity (Wildman–Crippen MR) is 61.6 cm³/mol. The summed E-state index contributed by atoms with van der Waals surface area (Å²) in [6, 6.07) is 3.37. The van der Waals surface area contributed by atoms with Gasteiger partial charge in [0.25, 0.3) is 0 Å². The van der Waals surface area contributed by atoms with Crippen LogP contribution in [0.15, 0.2) is 12.1 Å². The molecule has 0 radical (unpaired) electrons. The zero-order valence-electron chi connectivity index (χ0n) is 10.1. The summed E-state index contributed by atoms with van der Waals surface area (Å²) in [5.74, 6) is 0.161. The number of ether oxygens (including phenoxy) is 2. The molecule has 1 aliphatic rings. The Morgan fingerprint density at radius 3 is 2.59 bits per heavy atom. The Labute approximate surface area is 100 Å². The summed E-state index contributed by atoms with van der Waals surface area (Å²) in [6.45, 7) is 0.223. The van der Waals surface area contributed by atoms with Crippen LogP contribution in [-0.4, -0.2) is 24.9 Å². The zero-order chi connectivity index (χ0) is 12.5. The number of hydrogen-bond acceptors (Lipinski definition) is 3. The normalized spacial score (nSPS) is 16.9. The van der Waals surface area contributed by atoms with Crippen LogP contribution in [-0.2, 0) is 17.8 Å². The van der Waals surface area contributed by atoms with Crippen molar-refractivity contribution in [2.45, 2.75) is 31.5 Å². The summed E-state index contributed by atoms with van der Waals surface area (Å²) in [5, 5.41) is 9.89. The van der Waals surface area contributed by atoms with E-state index in [1.54, 1.807) is 12.1 Å². The minimum Gasteiger partial charge on any atom is -0.496 e. The first-order chi connectivity index (χ1) is 8.09. The van der Waals surface area contributed by atoms with Gasteiger partial charge in [0.1, 0.15) is 11.6 Å². The smallest absolute Gasteiger partial charge is 0.135 e. The second-order valence-corrected chi connectivity index (χ2v) is 4.55. The fourth-order valence-electron chi connectivity index (χ4n) is 1.93. The van der Waals surface area contributed by atoms with Crippen LogP contribution >= 0.6 is 0 Å². The average Bonchev–Trinajstić information content (AvgIpc) is 3.03. The van der Waals surface area contributed by atoms with Gasteiger partial charge < -0.3 is 14.6 Å². The molecule has 0 saturated heterocycles. The van der Waals surface area contributed by atoms with Gasteiger partial charge in [-0.05, 0) is 18.9 Å². The van der Waals surface area contributed by atoms with Crippen molar-refractivity contribution in [2.24, 2.45) is 0 Å². The maximum absolute atomic E-state index is 14.2. The Kier molecular flexibility index (Phi) is 3.35. The van der Waals surface area contributed by atoms with E-state index in [2.05, 4.69) is 0 Å². The topological polar surface area (TPSA) is 38.7 Å². The monoisotopic (exact) mass is 240 g/mol. The van der Waals surface area contributed by atoms with Crippen molar-refractivity contribution < 1.29 is 19.0 Å². The Morgan fingerprint density at radius 2 is 2.06 bits per heavy atom. The van der Waals surface area contributed by atoms with Gasteiger partial charge in [0.05, 0.1) is 19.3 Å². The Hall–Kier alpha value is -1.13. The molecule has 0 aromatic heterocycles. The van der Waals surface area contributed by atoms with Gasteiger partial charge in [-0.15, -0.1) is 0 Å². The fourth-order valence-corrected chi connectivity index (χ4v) is 1.93. The van der Waals surface area contributed by atoms with Gasteiger partial charge in [-0.3, -0.25) is 0 Å². The lowest BCUT2D eigenvalue weighted by Gasteiger charge is -2.15. The van der Waals surface area contributed by atoms with Crippen molar-refractivity contribution in [3.63, 3.8) is 0 Å². The van der Waals surface area contributed by atoms with E-state index in [1.807, 2.05) is 0 Å². The van der Waals surface area contributed by atoms with Crippen LogP contribution in [0.5, 0.6) is 5.75 Å². The maximum atomic E-state index is 14.2. The van der Waals surface area contributed by atoms with Gasteiger partial charge in [-0.25, -0.2) is 4.39 Å². The molecule has 0 unspecified atom stereocenters. The third kappa shape index (κ3) is 2.58. The number of hydrogen-bond donors (Lipinski definition) is 1. The van der Waals surface area contributed by atoms with Gasteiger partial charge >= 0.3 is 0 Å². The van der Waals surface area contributed by atoms with Gasteiger partial charge in [0, 0.05) is 24.7 Å². The van der Waals surface area contributed by atoms with Crippen molar-refractivity contribution >= 4 is 0 Å². The second kappa shape index (κ2) is 4.63. The SMILES string of the molecule is COCc1ccc(OC)c(CC2(O)CC2)c1F. The van der Waals surface area contributed by atoms with E-state index in [1.165, 1.54) is 14.2 Å². The Balaban J connectivity index is 2.34. The van der Waals surface area contributed by atoms with Crippen molar-refractivity contribution in [3.8, 4) is 5.75 Å². The lowest BCUT2D eigenvalue weighted by molar-refractivity contribution is 0.147. The molecular weight excluding hydrogens is 223 g/mol. The van der Waals surface area contributed by atoms with Crippen LogP contribution in [0.3, 0.4) is 0 Å². The number of benzene rings is 1. The number of methoxy groups -OCH3 is 2. The number of halogens is 1. The summed E-state index contributed by atoms with van der Waals surface area (Å²) in [4.78, 5) is 0. The molecule has 1 aromatic carbocycles. The lowest BCUT2D eigenvalue weighted by Crippen LogP contribution is -2.14. The Bertz CT molecular complexity index is 413. The molecular formula is C13H17FO3. The van der Waals surface area contributed by atoms with Crippen LogP contribution in [0.2, 0.25) is 0 Å². The minimum atomic E-state index is -0.736. The second-order valence-electron chi connectivity index (χ2n) is 4.55. The molecule has 0 heterocycles.